The molecule has 110 valence electrons. The molecule has 3 rings (SSSR count). The smallest absolute Gasteiger partial charge is 0.0544 e. The predicted octanol–water partition coefficient (Wildman–Crippen LogP) is 1.94. The van der Waals surface area contributed by atoms with Crippen molar-refractivity contribution in [3.8, 4) is 0 Å². The van der Waals surface area contributed by atoms with Crippen LogP contribution in [0.25, 0.3) is 0 Å². The van der Waals surface area contributed by atoms with Gasteiger partial charge in [-0.25, -0.2) is 0 Å². The summed E-state index contributed by atoms with van der Waals surface area (Å²) in [4.78, 5) is 7.01. The van der Waals surface area contributed by atoms with Gasteiger partial charge in [0.15, 0.2) is 0 Å². The van der Waals surface area contributed by atoms with Crippen LogP contribution in [0.3, 0.4) is 0 Å². The van der Waals surface area contributed by atoms with E-state index in [-0.39, 0.29) is 0 Å². The lowest BCUT2D eigenvalue weighted by Crippen LogP contribution is -2.36. The first-order chi connectivity index (χ1) is 9.81. The average Bonchev–Trinajstić information content (AvgIpc) is 3.32. The van der Waals surface area contributed by atoms with E-state index in [0.29, 0.717) is 6.04 Å². The molecule has 0 unspecified atom stereocenters. The van der Waals surface area contributed by atoms with E-state index in [2.05, 4.69) is 34.4 Å². The van der Waals surface area contributed by atoms with Gasteiger partial charge in [0.05, 0.1) is 5.69 Å². The maximum Gasteiger partial charge on any atom is 0.0544 e. The zero-order chi connectivity index (χ0) is 13.8. The van der Waals surface area contributed by atoms with Gasteiger partial charge in [-0.1, -0.05) is 6.07 Å². The van der Waals surface area contributed by atoms with Crippen LogP contribution in [-0.2, 0) is 17.8 Å². The van der Waals surface area contributed by atoms with Crippen LogP contribution in [0.15, 0.2) is 18.3 Å². The van der Waals surface area contributed by atoms with Gasteiger partial charge < -0.3 is 10.1 Å². The maximum absolute atomic E-state index is 5.42. The van der Waals surface area contributed by atoms with Gasteiger partial charge in [-0.15, -0.1) is 0 Å². The van der Waals surface area contributed by atoms with E-state index in [1.54, 1.807) is 0 Å². The molecule has 20 heavy (non-hydrogen) atoms. The van der Waals surface area contributed by atoms with Crippen molar-refractivity contribution >= 4 is 0 Å². The monoisotopic (exact) mass is 275 g/mol. The summed E-state index contributed by atoms with van der Waals surface area (Å²) in [6.45, 7) is 3.68. The molecule has 0 radical (unpaired) electrons. The lowest BCUT2D eigenvalue weighted by atomic mass is 10.1. The summed E-state index contributed by atoms with van der Waals surface area (Å²) in [7, 11) is 2.19. The summed E-state index contributed by atoms with van der Waals surface area (Å²) in [5, 5.41) is 3.52. The molecule has 1 saturated carbocycles. The fourth-order valence-corrected chi connectivity index (χ4v) is 2.71. The van der Waals surface area contributed by atoms with Crippen molar-refractivity contribution in [1.82, 2.24) is 15.2 Å². The third kappa shape index (κ3) is 4.01. The van der Waals surface area contributed by atoms with E-state index < -0.39 is 0 Å². The molecule has 1 saturated heterocycles. The minimum absolute atomic E-state index is 0.641. The van der Waals surface area contributed by atoms with Gasteiger partial charge in [0.25, 0.3) is 0 Å². The zero-order valence-electron chi connectivity index (χ0n) is 12.3. The SMILES string of the molecule is CN(Cc1ccc(CNC2CC2)cn1)C1CCOCC1. The second-order valence-corrected chi connectivity index (χ2v) is 6.07. The summed E-state index contributed by atoms with van der Waals surface area (Å²) in [5.41, 5.74) is 2.45. The van der Waals surface area contributed by atoms with E-state index in [9.17, 15) is 0 Å². The molecule has 1 aromatic heterocycles. The first-order valence-electron chi connectivity index (χ1n) is 7.76. The van der Waals surface area contributed by atoms with Crippen molar-refractivity contribution < 1.29 is 4.74 Å². The molecule has 1 aliphatic heterocycles. The molecule has 0 bridgehead atoms. The minimum atomic E-state index is 0.641. The van der Waals surface area contributed by atoms with Crippen molar-refractivity contribution in [1.29, 1.82) is 0 Å². The van der Waals surface area contributed by atoms with Gasteiger partial charge >= 0.3 is 0 Å². The number of hydrogen-bond donors (Lipinski definition) is 1. The zero-order valence-corrected chi connectivity index (χ0v) is 12.3. The molecule has 1 aliphatic carbocycles. The molecule has 0 spiro atoms. The topological polar surface area (TPSA) is 37.4 Å². The normalized spacial score (nSPS) is 20.5. The van der Waals surface area contributed by atoms with Gasteiger partial charge in [-0.2, -0.15) is 0 Å². The van der Waals surface area contributed by atoms with Gasteiger partial charge in [-0.3, -0.25) is 9.88 Å². The van der Waals surface area contributed by atoms with Crippen LogP contribution in [0.1, 0.15) is 36.9 Å². The Morgan fingerprint density at radius 1 is 1.25 bits per heavy atom. The Bertz CT molecular complexity index is 410. The van der Waals surface area contributed by atoms with E-state index in [0.717, 1.165) is 50.9 Å². The summed E-state index contributed by atoms with van der Waals surface area (Å²) >= 11 is 0. The van der Waals surface area contributed by atoms with Crippen LogP contribution in [0, 0.1) is 0 Å². The lowest BCUT2D eigenvalue weighted by molar-refractivity contribution is 0.0403. The van der Waals surface area contributed by atoms with Crippen molar-refractivity contribution in [2.75, 3.05) is 20.3 Å². The number of hydrogen-bond acceptors (Lipinski definition) is 4. The van der Waals surface area contributed by atoms with Gasteiger partial charge in [0, 0.05) is 44.6 Å². The van der Waals surface area contributed by atoms with Crippen LogP contribution in [0.5, 0.6) is 0 Å². The van der Waals surface area contributed by atoms with E-state index >= 15 is 0 Å². The van der Waals surface area contributed by atoms with Crippen LogP contribution in [-0.4, -0.2) is 42.2 Å². The third-order valence-electron chi connectivity index (χ3n) is 4.28. The average molecular weight is 275 g/mol. The van der Waals surface area contributed by atoms with Crippen LogP contribution in [0.4, 0.5) is 0 Å². The van der Waals surface area contributed by atoms with Crippen molar-refractivity contribution in [3.63, 3.8) is 0 Å². The number of ether oxygens (including phenoxy) is 1. The van der Waals surface area contributed by atoms with Crippen molar-refractivity contribution in [2.45, 2.75) is 50.9 Å². The Labute approximate surface area is 121 Å². The Balaban J connectivity index is 1.48. The van der Waals surface area contributed by atoms with Crippen LogP contribution >= 0.6 is 0 Å². The first-order valence-corrected chi connectivity index (χ1v) is 7.76. The summed E-state index contributed by atoms with van der Waals surface area (Å²) in [6, 6.07) is 5.77. The second-order valence-electron chi connectivity index (χ2n) is 6.07. The first kappa shape index (κ1) is 14.0. The largest absolute Gasteiger partial charge is 0.381 e. The molecular weight excluding hydrogens is 250 g/mol. The minimum Gasteiger partial charge on any atom is -0.381 e. The van der Waals surface area contributed by atoms with Gasteiger partial charge in [0.1, 0.15) is 0 Å². The second kappa shape index (κ2) is 6.66. The molecule has 2 heterocycles. The van der Waals surface area contributed by atoms with Gasteiger partial charge in [0.2, 0.25) is 0 Å². The Morgan fingerprint density at radius 3 is 2.70 bits per heavy atom. The highest BCUT2D eigenvalue weighted by Gasteiger charge is 2.20. The Hall–Kier alpha value is -0.970. The number of rotatable bonds is 6. The summed E-state index contributed by atoms with van der Waals surface area (Å²) < 4.78 is 5.42. The summed E-state index contributed by atoms with van der Waals surface area (Å²) in [6.07, 6.45) is 6.96. The highest BCUT2D eigenvalue weighted by atomic mass is 16.5. The highest BCUT2D eigenvalue weighted by Crippen LogP contribution is 2.19. The van der Waals surface area contributed by atoms with Gasteiger partial charge in [-0.05, 0) is 44.4 Å². The van der Waals surface area contributed by atoms with Crippen molar-refractivity contribution in [2.24, 2.45) is 0 Å². The summed E-state index contributed by atoms with van der Waals surface area (Å²) in [5.74, 6) is 0. The molecule has 1 aromatic rings. The molecule has 0 amide bonds. The molecule has 1 N–H and O–H groups in total. The fraction of sp³-hybridized carbons (Fsp3) is 0.688. The molecular formula is C16H25N3O. The quantitative estimate of drug-likeness (QED) is 0.861. The maximum atomic E-state index is 5.42. The Morgan fingerprint density at radius 2 is 2.05 bits per heavy atom. The van der Waals surface area contributed by atoms with E-state index in [4.69, 9.17) is 4.74 Å². The molecule has 2 aliphatic rings. The van der Waals surface area contributed by atoms with Crippen LogP contribution in [0.2, 0.25) is 0 Å². The van der Waals surface area contributed by atoms with Crippen LogP contribution < -0.4 is 5.32 Å². The molecule has 0 atom stereocenters. The highest BCUT2D eigenvalue weighted by molar-refractivity contribution is 5.14. The lowest BCUT2D eigenvalue weighted by Gasteiger charge is -2.30. The standard InChI is InChI=1S/C16H25N3O/c1-19(16-6-8-20-9-7-16)12-15-3-2-13(11-18-15)10-17-14-4-5-14/h2-3,11,14,16-17H,4-10,12H2,1H3. The molecule has 0 aromatic carbocycles. The fourth-order valence-electron chi connectivity index (χ4n) is 2.71. The third-order valence-corrected chi connectivity index (χ3v) is 4.28. The number of nitrogens with one attached hydrogen (secondary N) is 1. The molecule has 4 heteroatoms. The Kier molecular flexibility index (Phi) is 4.65. The van der Waals surface area contributed by atoms with E-state index in [1.165, 1.54) is 18.4 Å². The number of aromatic nitrogens is 1. The van der Waals surface area contributed by atoms with E-state index in [1.807, 2.05) is 6.20 Å². The number of nitrogens with zero attached hydrogens (tertiary/aromatic N) is 2. The predicted molar refractivity (Wildman–Crippen MR) is 79.4 cm³/mol. The molecule has 2 fully saturated rings. The van der Waals surface area contributed by atoms with Crippen molar-refractivity contribution in [3.05, 3.63) is 29.6 Å². The number of pyridine rings is 1. The molecule has 4 nitrogen and oxygen atoms in total.